The highest BCUT2D eigenvalue weighted by Crippen LogP contribution is 2.33. The van der Waals surface area contributed by atoms with Crippen LogP contribution in [0.15, 0.2) is 0 Å². The van der Waals surface area contributed by atoms with Gasteiger partial charge in [-0.2, -0.15) is 11.8 Å². The Kier molecular flexibility index (Phi) is 2.82. The van der Waals surface area contributed by atoms with E-state index < -0.39 is 13.6 Å². The number of nitrogens with zero attached hydrogens (tertiary/aromatic N) is 1. The average molecular weight is 258 g/mol. The Morgan fingerprint density at radius 1 is 1.44 bits per heavy atom. The Hall–Kier alpha value is -0.493. The second kappa shape index (κ2) is 3.77. The van der Waals surface area contributed by atoms with E-state index in [2.05, 4.69) is 25.0 Å². The van der Waals surface area contributed by atoms with Crippen LogP contribution in [-0.4, -0.2) is 48.1 Å². The summed E-state index contributed by atoms with van der Waals surface area (Å²) in [5.74, 6) is 1.71. The number of hydrogen-bond acceptors (Lipinski definition) is 3. The smallest absolute Gasteiger partial charge is 0.322 e. The van der Waals surface area contributed by atoms with Crippen LogP contribution in [0.2, 0.25) is 19.6 Å². The molecule has 4 nitrogen and oxygen atoms in total. The molecule has 1 spiro atoms. The van der Waals surface area contributed by atoms with Crippen molar-refractivity contribution in [2.45, 2.75) is 31.6 Å². The number of imide groups is 1. The zero-order valence-corrected chi connectivity index (χ0v) is 11.8. The van der Waals surface area contributed by atoms with Crippen LogP contribution in [0.5, 0.6) is 0 Å². The first-order valence-corrected chi connectivity index (χ1v) is 10.4. The van der Waals surface area contributed by atoms with Crippen LogP contribution in [0.4, 0.5) is 4.79 Å². The van der Waals surface area contributed by atoms with Gasteiger partial charge in [-0.1, -0.05) is 19.6 Å². The van der Waals surface area contributed by atoms with Gasteiger partial charge in [0.25, 0.3) is 5.91 Å². The summed E-state index contributed by atoms with van der Waals surface area (Å²) >= 11 is 1.75. The van der Waals surface area contributed by atoms with Crippen molar-refractivity contribution in [2.75, 3.05) is 17.7 Å². The van der Waals surface area contributed by atoms with E-state index in [0.717, 1.165) is 17.9 Å². The van der Waals surface area contributed by atoms with E-state index in [9.17, 15) is 9.59 Å². The predicted octanol–water partition coefficient (Wildman–Crippen LogP) is 1.29. The highest BCUT2D eigenvalue weighted by Gasteiger charge is 2.53. The summed E-state index contributed by atoms with van der Waals surface area (Å²) in [7, 11) is -1.44. The molecule has 2 heterocycles. The molecule has 0 aromatic carbocycles. The first-order valence-electron chi connectivity index (χ1n) is 5.56. The molecule has 0 bridgehead atoms. The molecule has 1 N–H and O–H groups in total. The van der Waals surface area contributed by atoms with Crippen LogP contribution in [0.1, 0.15) is 6.42 Å². The van der Waals surface area contributed by atoms with Crippen LogP contribution in [0, 0.1) is 0 Å². The lowest BCUT2D eigenvalue weighted by molar-refractivity contribution is -0.129. The molecule has 0 radical (unpaired) electrons. The van der Waals surface area contributed by atoms with E-state index >= 15 is 0 Å². The van der Waals surface area contributed by atoms with Gasteiger partial charge in [0.2, 0.25) is 0 Å². The third kappa shape index (κ3) is 2.00. The van der Waals surface area contributed by atoms with Gasteiger partial charge in [-0.15, -0.1) is 0 Å². The van der Waals surface area contributed by atoms with Gasteiger partial charge in [-0.05, 0) is 12.2 Å². The zero-order valence-electron chi connectivity index (χ0n) is 10.0. The Morgan fingerprint density at radius 3 is 2.62 bits per heavy atom. The van der Waals surface area contributed by atoms with Crippen molar-refractivity contribution >= 4 is 31.8 Å². The van der Waals surface area contributed by atoms with Gasteiger partial charge in [-0.3, -0.25) is 9.69 Å². The largest absolute Gasteiger partial charge is 0.324 e. The highest BCUT2D eigenvalue weighted by atomic mass is 32.2. The lowest BCUT2D eigenvalue weighted by Crippen LogP contribution is -2.48. The molecule has 0 aliphatic carbocycles. The number of hydrogen-bond donors (Lipinski definition) is 1. The van der Waals surface area contributed by atoms with E-state index in [-0.39, 0.29) is 11.9 Å². The van der Waals surface area contributed by atoms with Gasteiger partial charge in [0.05, 0.1) is 8.07 Å². The summed E-state index contributed by atoms with van der Waals surface area (Å²) in [6.45, 7) is 6.51. The van der Waals surface area contributed by atoms with Crippen molar-refractivity contribution in [1.29, 1.82) is 0 Å². The molecule has 2 fully saturated rings. The first-order chi connectivity index (χ1) is 7.34. The monoisotopic (exact) mass is 258 g/mol. The van der Waals surface area contributed by atoms with Gasteiger partial charge >= 0.3 is 6.03 Å². The lowest BCUT2D eigenvalue weighted by Gasteiger charge is -2.24. The summed E-state index contributed by atoms with van der Waals surface area (Å²) in [4.78, 5) is 25.5. The number of nitrogens with one attached hydrogen (secondary N) is 1. The molecule has 0 aromatic rings. The van der Waals surface area contributed by atoms with Crippen LogP contribution in [0.3, 0.4) is 0 Å². The molecule has 1 unspecified atom stereocenters. The summed E-state index contributed by atoms with van der Waals surface area (Å²) < 4.78 is 0. The van der Waals surface area contributed by atoms with Gasteiger partial charge < -0.3 is 5.32 Å². The van der Waals surface area contributed by atoms with E-state index in [0.29, 0.717) is 6.17 Å². The number of amides is 3. The van der Waals surface area contributed by atoms with Crippen molar-refractivity contribution in [2.24, 2.45) is 0 Å². The minimum absolute atomic E-state index is 0.00456. The van der Waals surface area contributed by atoms with Gasteiger partial charge in [0.15, 0.2) is 0 Å². The molecule has 0 aromatic heterocycles. The summed E-state index contributed by atoms with van der Waals surface area (Å²) in [5.41, 5.74) is -0.568. The molecule has 1 atom stereocenters. The zero-order chi connectivity index (χ0) is 12.0. The Morgan fingerprint density at radius 2 is 2.12 bits per heavy atom. The first kappa shape index (κ1) is 12.0. The van der Waals surface area contributed by atoms with Crippen LogP contribution in [0.25, 0.3) is 0 Å². The molecular formula is C10H18N2O2SSi. The molecule has 2 rings (SSSR count). The molecule has 0 saturated carbocycles. The van der Waals surface area contributed by atoms with E-state index in [4.69, 9.17) is 0 Å². The molecule has 2 saturated heterocycles. The van der Waals surface area contributed by atoms with Gasteiger partial charge in [0, 0.05) is 11.9 Å². The second-order valence-corrected chi connectivity index (χ2v) is 12.3. The van der Waals surface area contributed by atoms with Gasteiger partial charge in [-0.25, -0.2) is 4.79 Å². The normalized spacial score (nSPS) is 30.3. The lowest BCUT2D eigenvalue weighted by atomic mass is 10.00. The molecule has 6 heteroatoms. The third-order valence-electron chi connectivity index (χ3n) is 2.90. The standard InChI is InChI=1S/C10H18N2O2SSi/c1-16(2,3)7-12-8(13)10(11-9(12)14)4-5-15-6-10/h4-7H2,1-3H3,(H,11,14). The average Bonchev–Trinajstić information content (AvgIpc) is 2.68. The summed E-state index contributed by atoms with van der Waals surface area (Å²) in [5, 5.41) is 2.89. The highest BCUT2D eigenvalue weighted by molar-refractivity contribution is 7.99. The maximum atomic E-state index is 12.3. The molecule has 2 aliphatic rings. The van der Waals surface area contributed by atoms with E-state index in [1.165, 1.54) is 4.90 Å². The molecule has 3 amide bonds. The maximum absolute atomic E-state index is 12.3. The van der Waals surface area contributed by atoms with Crippen molar-refractivity contribution in [3.8, 4) is 0 Å². The Labute approximate surface area is 101 Å². The topological polar surface area (TPSA) is 49.4 Å². The van der Waals surface area contributed by atoms with Crippen molar-refractivity contribution in [3.05, 3.63) is 0 Å². The summed E-state index contributed by atoms with van der Waals surface area (Å²) in [6, 6.07) is -0.185. The fourth-order valence-electron chi connectivity index (χ4n) is 2.13. The number of urea groups is 1. The predicted molar refractivity (Wildman–Crippen MR) is 68.3 cm³/mol. The van der Waals surface area contributed by atoms with Gasteiger partial charge in [0.1, 0.15) is 5.54 Å². The SMILES string of the molecule is C[Si](C)(C)CN1C(=O)NC2(CCSC2)C1=O. The molecule has 90 valence electrons. The Bertz CT molecular complexity index is 334. The fourth-order valence-corrected chi connectivity index (χ4v) is 4.69. The van der Waals surface area contributed by atoms with Crippen molar-refractivity contribution in [1.82, 2.24) is 10.2 Å². The minimum atomic E-state index is -1.44. The van der Waals surface area contributed by atoms with Crippen LogP contribution < -0.4 is 5.32 Å². The van der Waals surface area contributed by atoms with Crippen molar-refractivity contribution in [3.63, 3.8) is 0 Å². The van der Waals surface area contributed by atoms with Crippen LogP contribution in [-0.2, 0) is 4.79 Å². The number of carbonyl (C=O) groups excluding carboxylic acids is 2. The van der Waals surface area contributed by atoms with E-state index in [1.807, 2.05) is 0 Å². The second-order valence-electron chi connectivity index (χ2n) is 5.77. The number of carbonyl (C=O) groups is 2. The third-order valence-corrected chi connectivity index (χ3v) is 5.35. The van der Waals surface area contributed by atoms with E-state index in [1.54, 1.807) is 11.8 Å². The number of thioether (sulfide) groups is 1. The molecule has 16 heavy (non-hydrogen) atoms. The minimum Gasteiger partial charge on any atom is -0.322 e. The van der Waals surface area contributed by atoms with Crippen molar-refractivity contribution < 1.29 is 9.59 Å². The molecule has 2 aliphatic heterocycles. The Balaban J connectivity index is 2.17. The van der Waals surface area contributed by atoms with Crippen LogP contribution >= 0.6 is 11.8 Å². The fraction of sp³-hybridized carbons (Fsp3) is 0.800. The number of rotatable bonds is 2. The quantitative estimate of drug-likeness (QED) is 0.600. The maximum Gasteiger partial charge on any atom is 0.324 e. The summed E-state index contributed by atoms with van der Waals surface area (Å²) in [6.07, 6.45) is 1.41. The molecular weight excluding hydrogens is 240 g/mol.